The van der Waals surface area contributed by atoms with E-state index in [1.807, 2.05) is 31.2 Å². The third-order valence-corrected chi connectivity index (χ3v) is 3.90. The highest BCUT2D eigenvalue weighted by Gasteiger charge is 2.25. The summed E-state index contributed by atoms with van der Waals surface area (Å²) in [5, 5.41) is 2.93. The van der Waals surface area contributed by atoms with Crippen LogP contribution in [0.25, 0.3) is 0 Å². The molecule has 0 bridgehead atoms. The van der Waals surface area contributed by atoms with E-state index in [0.29, 0.717) is 13.1 Å². The number of anilines is 1. The van der Waals surface area contributed by atoms with E-state index in [-0.39, 0.29) is 17.7 Å². The first-order valence-electron chi connectivity index (χ1n) is 7.21. The number of nitrogens with zero attached hydrogens (tertiary/aromatic N) is 1. The molecular weight excluding hydrogens is 252 g/mol. The Balaban J connectivity index is 1.91. The first-order chi connectivity index (χ1) is 9.59. The smallest absolute Gasteiger partial charge is 0.223 e. The monoisotopic (exact) mass is 274 g/mol. The summed E-state index contributed by atoms with van der Waals surface area (Å²) in [5.74, 6) is 0.320. The van der Waals surface area contributed by atoms with Gasteiger partial charge in [0.2, 0.25) is 11.8 Å². The van der Waals surface area contributed by atoms with Gasteiger partial charge in [0.15, 0.2) is 0 Å². The Kier molecular flexibility index (Phi) is 4.77. The topological polar surface area (TPSA) is 49.4 Å². The van der Waals surface area contributed by atoms with E-state index in [4.69, 9.17) is 0 Å². The van der Waals surface area contributed by atoms with Crippen molar-refractivity contribution in [3.8, 4) is 0 Å². The molecule has 0 heterocycles. The number of hydrogen-bond acceptors (Lipinski definition) is 2. The Bertz CT molecular complexity index is 495. The largest absolute Gasteiger partial charge is 0.354 e. The Morgan fingerprint density at radius 3 is 2.55 bits per heavy atom. The molecule has 2 amide bonds. The molecule has 108 valence electrons. The molecule has 0 aliphatic heterocycles. The summed E-state index contributed by atoms with van der Waals surface area (Å²) in [5.41, 5.74) is 1.98. The molecule has 1 aliphatic rings. The second kappa shape index (κ2) is 6.55. The van der Waals surface area contributed by atoms with Crippen molar-refractivity contribution in [1.29, 1.82) is 0 Å². The number of para-hydroxylation sites is 1. The summed E-state index contributed by atoms with van der Waals surface area (Å²) in [6.07, 6.45) is 3.15. The van der Waals surface area contributed by atoms with Crippen LogP contribution in [0.3, 0.4) is 0 Å². The lowest BCUT2D eigenvalue weighted by Gasteiger charge is -2.26. The summed E-state index contributed by atoms with van der Waals surface area (Å²) in [4.78, 5) is 25.3. The zero-order valence-electron chi connectivity index (χ0n) is 12.2. The average Bonchev–Trinajstić information content (AvgIpc) is 2.33. The molecule has 4 heteroatoms. The van der Waals surface area contributed by atoms with Crippen LogP contribution in [0.15, 0.2) is 24.3 Å². The summed E-state index contributed by atoms with van der Waals surface area (Å²) >= 11 is 0. The van der Waals surface area contributed by atoms with Gasteiger partial charge in [-0.15, -0.1) is 0 Å². The second-order valence-corrected chi connectivity index (χ2v) is 5.38. The zero-order chi connectivity index (χ0) is 14.5. The summed E-state index contributed by atoms with van der Waals surface area (Å²) in [6.45, 7) is 4.56. The Labute approximate surface area is 120 Å². The molecule has 0 saturated heterocycles. The Morgan fingerprint density at radius 2 is 2.00 bits per heavy atom. The lowest BCUT2D eigenvalue weighted by molar-refractivity contribution is -0.127. The number of carbonyl (C=O) groups is 2. The van der Waals surface area contributed by atoms with Crippen molar-refractivity contribution in [2.45, 2.75) is 33.1 Å². The van der Waals surface area contributed by atoms with E-state index in [1.54, 1.807) is 11.8 Å². The van der Waals surface area contributed by atoms with Gasteiger partial charge in [0.05, 0.1) is 0 Å². The maximum Gasteiger partial charge on any atom is 0.223 e. The van der Waals surface area contributed by atoms with Gasteiger partial charge < -0.3 is 10.2 Å². The van der Waals surface area contributed by atoms with E-state index in [9.17, 15) is 9.59 Å². The van der Waals surface area contributed by atoms with Crippen molar-refractivity contribution in [2.75, 3.05) is 18.0 Å². The molecule has 20 heavy (non-hydrogen) atoms. The molecule has 1 aromatic rings. The van der Waals surface area contributed by atoms with Crippen LogP contribution in [-0.2, 0) is 9.59 Å². The SMILES string of the molecule is CC(=O)N(CCNC(=O)C1CCC1)c1ccccc1C. The number of amides is 2. The number of carbonyl (C=O) groups excluding carboxylic acids is 2. The van der Waals surface area contributed by atoms with Crippen molar-refractivity contribution in [3.63, 3.8) is 0 Å². The standard InChI is InChI=1S/C16H22N2O2/c1-12-6-3-4-9-15(12)18(13(2)19)11-10-17-16(20)14-7-5-8-14/h3-4,6,9,14H,5,7-8,10-11H2,1-2H3,(H,17,20). The quantitative estimate of drug-likeness (QED) is 0.895. The minimum atomic E-state index is -0.00260. The van der Waals surface area contributed by atoms with E-state index in [0.717, 1.165) is 30.5 Å². The maximum absolute atomic E-state index is 11.8. The van der Waals surface area contributed by atoms with Crippen molar-refractivity contribution in [1.82, 2.24) is 5.32 Å². The predicted molar refractivity (Wildman–Crippen MR) is 79.6 cm³/mol. The minimum Gasteiger partial charge on any atom is -0.354 e. The molecule has 1 aliphatic carbocycles. The molecule has 0 aromatic heterocycles. The minimum absolute atomic E-state index is 0.00260. The number of aryl methyl sites for hydroxylation is 1. The number of rotatable bonds is 5. The van der Waals surface area contributed by atoms with Gasteiger partial charge in [0.1, 0.15) is 0 Å². The molecule has 1 saturated carbocycles. The van der Waals surface area contributed by atoms with Gasteiger partial charge in [0.25, 0.3) is 0 Å². The van der Waals surface area contributed by atoms with E-state index in [1.165, 1.54) is 0 Å². The number of hydrogen-bond donors (Lipinski definition) is 1. The van der Waals surface area contributed by atoms with Crippen LogP contribution in [0.4, 0.5) is 5.69 Å². The average molecular weight is 274 g/mol. The predicted octanol–water partition coefficient (Wildman–Crippen LogP) is 2.26. The lowest BCUT2D eigenvalue weighted by Crippen LogP contribution is -2.41. The van der Waals surface area contributed by atoms with E-state index in [2.05, 4.69) is 5.32 Å². The molecule has 4 nitrogen and oxygen atoms in total. The Morgan fingerprint density at radius 1 is 1.30 bits per heavy atom. The third-order valence-electron chi connectivity index (χ3n) is 3.90. The zero-order valence-corrected chi connectivity index (χ0v) is 12.2. The fourth-order valence-electron chi connectivity index (χ4n) is 2.42. The van der Waals surface area contributed by atoms with Crippen molar-refractivity contribution in [2.24, 2.45) is 5.92 Å². The van der Waals surface area contributed by atoms with Crippen LogP contribution in [0, 0.1) is 12.8 Å². The van der Waals surface area contributed by atoms with E-state index < -0.39 is 0 Å². The molecule has 0 radical (unpaired) electrons. The molecule has 1 fully saturated rings. The normalized spacial score (nSPS) is 14.5. The van der Waals surface area contributed by atoms with Gasteiger partial charge in [-0.05, 0) is 31.4 Å². The number of benzene rings is 1. The molecule has 0 unspecified atom stereocenters. The summed E-state index contributed by atoms with van der Waals surface area (Å²) < 4.78 is 0. The van der Waals surface area contributed by atoms with Gasteiger partial charge >= 0.3 is 0 Å². The van der Waals surface area contributed by atoms with E-state index >= 15 is 0 Å². The molecule has 1 aromatic carbocycles. The third kappa shape index (κ3) is 3.38. The van der Waals surface area contributed by atoms with Crippen LogP contribution in [0.2, 0.25) is 0 Å². The van der Waals surface area contributed by atoms with Gasteiger partial charge in [-0.25, -0.2) is 0 Å². The van der Waals surface area contributed by atoms with Crippen LogP contribution in [0.5, 0.6) is 0 Å². The fraction of sp³-hybridized carbons (Fsp3) is 0.500. The second-order valence-electron chi connectivity index (χ2n) is 5.38. The van der Waals surface area contributed by atoms with Crippen LogP contribution >= 0.6 is 0 Å². The van der Waals surface area contributed by atoms with Crippen LogP contribution in [-0.4, -0.2) is 24.9 Å². The summed E-state index contributed by atoms with van der Waals surface area (Å²) in [7, 11) is 0. The highest BCUT2D eigenvalue weighted by molar-refractivity contribution is 5.92. The van der Waals surface area contributed by atoms with Crippen LogP contribution in [0.1, 0.15) is 31.7 Å². The Hall–Kier alpha value is -1.84. The van der Waals surface area contributed by atoms with Crippen molar-refractivity contribution in [3.05, 3.63) is 29.8 Å². The number of nitrogens with one attached hydrogen (secondary N) is 1. The first-order valence-corrected chi connectivity index (χ1v) is 7.21. The lowest BCUT2D eigenvalue weighted by atomic mass is 9.85. The molecule has 0 atom stereocenters. The van der Waals surface area contributed by atoms with Crippen molar-refractivity contribution >= 4 is 17.5 Å². The highest BCUT2D eigenvalue weighted by Crippen LogP contribution is 2.26. The molecular formula is C16H22N2O2. The van der Waals surface area contributed by atoms with Gasteiger partial charge in [-0.1, -0.05) is 24.6 Å². The van der Waals surface area contributed by atoms with Gasteiger partial charge in [-0.2, -0.15) is 0 Å². The molecule has 1 N–H and O–H groups in total. The molecule has 2 rings (SSSR count). The highest BCUT2D eigenvalue weighted by atomic mass is 16.2. The van der Waals surface area contributed by atoms with Gasteiger partial charge in [-0.3, -0.25) is 9.59 Å². The summed E-state index contributed by atoms with van der Waals surface area (Å²) in [6, 6.07) is 7.80. The fourth-order valence-corrected chi connectivity index (χ4v) is 2.42. The molecule has 0 spiro atoms. The first kappa shape index (κ1) is 14.6. The van der Waals surface area contributed by atoms with Crippen LogP contribution < -0.4 is 10.2 Å². The maximum atomic E-state index is 11.8. The van der Waals surface area contributed by atoms with Gasteiger partial charge in [0, 0.05) is 31.6 Å². The van der Waals surface area contributed by atoms with Crippen molar-refractivity contribution < 1.29 is 9.59 Å².